The number of ether oxygens (including phenoxy) is 1. The highest BCUT2D eigenvalue weighted by molar-refractivity contribution is 5.87. The van der Waals surface area contributed by atoms with Crippen molar-refractivity contribution >= 4 is 5.71 Å². The van der Waals surface area contributed by atoms with Gasteiger partial charge in [-0.2, -0.15) is 0 Å². The first-order valence-corrected chi connectivity index (χ1v) is 10.9. The molecule has 1 saturated heterocycles. The molecule has 0 spiro atoms. The summed E-state index contributed by atoms with van der Waals surface area (Å²) in [6, 6.07) is 8.44. The Hall–Kier alpha value is -1.59. The molecule has 1 aliphatic carbocycles. The topological polar surface area (TPSA) is 37.3 Å². The van der Waals surface area contributed by atoms with Crippen LogP contribution in [-0.2, 0) is 11.3 Å². The lowest BCUT2D eigenvalue weighted by Gasteiger charge is -2.33. The Kier molecular flexibility index (Phi) is 8.16. The molecule has 2 fully saturated rings. The third kappa shape index (κ3) is 6.49. The summed E-state index contributed by atoms with van der Waals surface area (Å²) in [6.07, 6.45) is 5.86. The van der Waals surface area contributed by atoms with Crippen LogP contribution in [0, 0.1) is 11.8 Å². The fourth-order valence-electron chi connectivity index (χ4n) is 4.23. The highest BCUT2D eigenvalue weighted by atomic mass is 16.6. The number of piperazine rings is 1. The van der Waals surface area contributed by atoms with Crippen molar-refractivity contribution < 1.29 is 9.57 Å². The van der Waals surface area contributed by atoms with Crippen molar-refractivity contribution in [2.24, 2.45) is 17.0 Å². The van der Waals surface area contributed by atoms with Crippen LogP contribution in [0.4, 0.5) is 0 Å². The van der Waals surface area contributed by atoms with E-state index in [9.17, 15) is 0 Å². The first-order chi connectivity index (χ1) is 13.6. The SMILES string of the molecule is COc1ccc(CC2CCCCC2=NOCC(C)CN2CCN(C)CC2)cc1. The van der Waals surface area contributed by atoms with Crippen LogP contribution in [0.25, 0.3) is 0 Å². The van der Waals surface area contributed by atoms with E-state index >= 15 is 0 Å². The van der Waals surface area contributed by atoms with Crippen LogP contribution in [0.2, 0.25) is 0 Å². The molecule has 5 heteroatoms. The quantitative estimate of drug-likeness (QED) is 0.638. The van der Waals surface area contributed by atoms with Crippen molar-refractivity contribution in [2.45, 2.75) is 39.0 Å². The Morgan fingerprint density at radius 3 is 2.57 bits per heavy atom. The molecule has 156 valence electrons. The van der Waals surface area contributed by atoms with Gasteiger partial charge in [-0.3, -0.25) is 0 Å². The van der Waals surface area contributed by atoms with Crippen molar-refractivity contribution in [1.29, 1.82) is 0 Å². The summed E-state index contributed by atoms with van der Waals surface area (Å²) >= 11 is 0. The number of hydrogen-bond donors (Lipinski definition) is 0. The number of oxime groups is 1. The Morgan fingerprint density at radius 1 is 1.11 bits per heavy atom. The van der Waals surface area contributed by atoms with E-state index in [1.54, 1.807) is 7.11 Å². The van der Waals surface area contributed by atoms with Crippen LogP contribution in [0.5, 0.6) is 5.75 Å². The molecule has 1 aromatic rings. The minimum Gasteiger partial charge on any atom is -0.497 e. The number of methoxy groups -OCH3 is 1. The molecule has 0 aromatic heterocycles. The van der Waals surface area contributed by atoms with E-state index in [1.807, 2.05) is 12.1 Å². The monoisotopic (exact) mass is 387 g/mol. The number of likely N-dealkylation sites (N-methyl/N-ethyl adjacent to an activating group) is 1. The zero-order chi connectivity index (χ0) is 19.8. The Labute approximate surface area is 170 Å². The van der Waals surface area contributed by atoms with Gasteiger partial charge in [0.25, 0.3) is 0 Å². The van der Waals surface area contributed by atoms with Gasteiger partial charge < -0.3 is 19.4 Å². The molecular weight excluding hydrogens is 350 g/mol. The highest BCUT2D eigenvalue weighted by Gasteiger charge is 2.22. The molecule has 1 aromatic carbocycles. The molecule has 1 saturated carbocycles. The molecule has 0 bridgehead atoms. The first kappa shape index (κ1) is 21.1. The maximum absolute atomic E-state index is 5.83. The van der Waals surface area contributed by atoms with Gasteiger partial charge in [-0.1, -0.05) is 30.6 Å². The van der Waals surface area contributed by atoms with Gasteiger partial charge in [-0.25, -0.2) is 0 Å². The van der Waals surface area contributed by atoms with Crippen molar-refractivity contribution in [2.75, 3.05) is 53.5 Å². The largest absolute Gasteiger partial charge is 0.497 e. The number of hydrogen-bond acceptors (Lipinski definition) is 5. The molecular formula is C23H37N3O2. The minimum absolute atomic E-state index is 0.509. The van der Waals surface area contributed by atoms with Gasteiger partial charge >= 0.3 is 0 Å². The van der Waals surface area contributed by atoms with Gasteiger partial charge in [0, 0.05) is 44.6 Å². The molecule has 1 aliphatic heterocycles. The van der Waals surface area contributed by atoms with Crippen LogP contribution in [0.15, 0.2) is 29.4 Å². The third-order valence-electron chi connectivity index (χ3n) is 6.05. The summed E-state index contributed by atoms with van der Waals surface area (Å²) in [5, 5.41) is 4.60. The predicted molar refractivity (Wildman–Crippen MR) is 115 cm³/mol. The van der Waals surface area contributed by atoms with E-state index in [0.717, 1.165) is 25.1 Å². The molecule has 2 aliphatic rings. The average molecular weight is 388 g/mol. The summed E-state index contributed by atoms with van der Waals surface area (Å²) in [7, 11) is 3.91. The van der Waals surface area contributed by atoms with Crippen LogP contribution >= 0.6 is 0 Å². The average Bonchev–Trinajstić information content (AvgIpc) is 2.71. The molecule has 3 rings (SSSR count). The molecule has 2 unspecified atom stereocenters. The van der Waals surface area contributed by atoms with Crippen molar-refractivity contribution in [3.8, 4) is 5.75 Å². The summed E-state index contributed by atoms with van der Waals surface area (Å²) < 4.78 is 5.27. The van der Waals surface area contributed by atoms with Gasteiger partial charge in [0.2, 0.25) is 0 Å². The first-order valence-electron chi connectivity index (χ1n) is 10.9. The van der Waals surface area contributed by atoms with Gasteiger partial charge in [-0.05, 0) is 50.4 Å². The summed E-state index contributed by atoms with van der Waals surface area (Å²) in [5.41, 5.74) is 2.61. The summed E-state index contributed by atoms with van der Waals surface area (Å²) in [4.78, 5) is 10.8. The highest BCUT2D eigenvalue weighted by Crippen LogP contribution is 2.26. The summed E-state index contributed by atoms with van der Waals surface area (Å²) in [5.74, 6) is 1.94. The molecule has 0 amide bonds. The van der Waals surface area contributed by atoms with E-state index in [0.29, 0.717) is 18.4 Å². The van der Waals surface area contributed by atoms with Crippen LogP contribution in [0.1, 0.15) is 38.2 Å². The zero-order valence-electron chi connectivity index (χ0n) is 17.9. The second-order valence-corrected chi connectivity index (χ2v) is 8.58. The molecule has 0 radical (unpaired) electrons. The van der Waals surface area contributed by atoms with Crippen LogP contribution < -0.4 is 4.74 Å². The van der Waals surface area contributed by atoms with Crippen molar-refractivity contribution in [3.05, 3.63) is 29.8 Å². The van der Waals surface area contributed by atoms with E-state index < -0.39 is 0 Å². The van der Waals surface area contributed by atoms with Crippen LogP contribution in [0.3, 0.4) is 0 Å². The molecule has 2 atom stereocenters. The minimum atomic E-state index is 0.509. The number of nitrogens with zero attached hydrogens (tertiary/aromatic N) is 3. The predicted octanol–water partition coefficient (Wildman–Crippen LogP) is 3.68. The lowest BCUT2D eigenvalue weighted by molar-refractivity contribution is 0.0769. The maximum Gasteiger partial charge on any atom is 0.120 e. The fraction of sp³-hybridized carbons (Fsp3) is 0.696. The normalized spacial score (nSPS) is 24.2. The fourth-order valence-corrected chi connectivity index (χ4v) is 4.23. The van der Waals surface area contributed by atoms with Crippen molar-refractivity contribution in [3.63, 3.8) is 0 Å². The number of rotatable bonds is 8. The van der Waals surface area contributed by atoms with Gasteiger partial charge in [0.1, 0.15) is 12.4 Å². The zero-order valence-corrected chi connectivity index (χ0v) is 17.9. The lowest BCUT2D eigenvalue weighted by Crippen LogP contribution is -2.46. The third-order valence-corrected chi connectivity index (χ3v) is 6.05. The van der Waals surface area contributed by atoms with Gasteiger partial charge in [0.15, 0.2) is 0 Å². The van der Waals surface area contributed by atoms with E-state index in [2.05, 4.69) is 41.1 Å². The van der Waals surface area contributed by atoms with Gasteiger partial charge in [0.05, 0.1) is 12.8 Å². The summed E-state index contributed by atoms with van der Waals surface area (Å²) in [6.45, 7) is 8.76. The smallest absolute Gasteiger partial charge is 0.120 e. The number of benzene rings is 1. The lowest BCUT2D eigenvalue weighted by atomic mass is 9.83. The second kappa shape index (κ2) is 10.8. The molecule has 0 N–H and O–H groups in total. The maximum atomic E-state index is 5.83. The standard InChI is InChI=1S/C23H37N3O2/c1-19(17-26-14-12-25(2)13-15-26)18-28-24-23-7-5-4-6-21(23)16-20-8-10-22(27-3)11-9-20/h8-11,19,21H,4-7,12-18H2,1-3H3. The molecule has 28 heavy (non-hydrogen) atoms. The Bertz CT molecular complexity index is 609. The van der Waals surface area contributed by atoms with E-state index in [-0.39, 0.29) is 0 Å². The van der Waals surface area contributed by atoms with Gasteiger partial charge in [-0.15, -0.1) is 0 Å². The van der Waals surface area contributed by atoms with Crippen molar-refractivity contribution in [1.82, 2.24) is 9.80 Å². The Balaban J connectivity index is 1.46. The van der Waals surface area contributed by atoms with E-state index in [4.69, 9.17) is 9.57 Å². The Morgan fingerprint density at radius 2 is 1.86 bits per heavy atom. The molecule has 5 nitrogen and oxygen atoms in total. The van der Waals surface area contributed by atoms with Crippen LogP contribution in [-0.4, -0.2) is 69.0 Å². The molecule has 1 heterocycles. The second-order valence-electron chi connectivity index (χ2n) is 8.58. The van der Waals surface area contributed by atoms with E-state index in [1.165, 1.54) is 56.7 Å².